The number of hydrogen-bond donors (Lipinski definition) is 0. The average molecular weight is 342 g/mol. The molecular formula is C20H22O3S. The molecule has 0 N–H and O–H groups in total. The lowest BCUT2D eigenvalue weighted by molar-refractivity contribution is -0.401. The van der Waals surface area contributed by atoms with Crippen molar-refractivity contribution in [2.75, 3.05) is 0 Å². The number of hydrogen-bond acceptors (Lipinski definition) is 4. The lowest BCUT2D eigenvalue weighted by atomic mass is 9.97. The molecule has 0 bridgehead atoms. The van der Waals surface area contributed by atoms with E-state index < -0.39 is 11.2 Å². The predicted octanol–water partition coefficient (Wildman–Crippen LogP) is 5.40. The Hall–Kier alpha value is -1.75. The first-order chi connectivity index (χ1) is 11.2. The summed E-state index contributed by atoms with van der Waals surface area (Å²) in [6.07, 6.45) is 0. The average Bonchev–Trinajstić information content (AvgIpc) is 2.52. The predicted molar refractivity (Wildman–Crippen MR) is 101 cm³/mol. The van der Waals surface area contributed by atoms with Gasteiger partial charge in [-0.25, -0.2) is 9.78 Å². The van der Waals surface area contributed by atoms with E-state index in [1.165, 1.54) is 0 Å². The number of rotatable bonds is 3. The van der Waals surface area contributed by atoms with Crippen LogP contribution in [0.15, 0.2) is 47.3 Å². The quantitative estimate of drug-likeness (QED) is 0.363. The van der Waals surface area contributed by atoms with E-state index in [-0.39, 0.29) is 5.43 Å². The highest BCUT2D eigenvalue weighted by molar-refractivity contribution is 7.24. The molecule has 0 radical (unpaired) electrons. The van der Waals surface area contributed by atoms with Gasteiger partial charge in [0.25, 0.3) is 0 Å². The second-order valence-electron chi connectivity index (χ2n) is 7.43. The fourth-order valence-corrected chi connectivity index (χ4v) is 3.51. The van der Waals surface area contributed by atoms with Crippen molar-refractivity contribution < 1.29 is 9.78 Å². The lowest BCUT2D eigenvalue weighted by Crippen LogP contribution is -2.29. The van der Waals surface area contributed by atoms with Crippen molar-refractivity contribution >= 4 is 31.5 Å². The second kappa shape index (κ2) is 5.96. The molecule has 4 heteroatoms. The first-order valence-electron chi connectivity index (χ1n) is 8.00. The van der Waals surface area contributed by atoms with Crippen molar-refractivity contribution in [2.45, 2.75) is 45.8 Å². The Labute approximate surface area is 145 Å². The van der Waals surface area contributed by atoms with Gasteiger partial charge < -0.3 is 0 Å². The minimum Gasteiger partial charge on any atom is -0.289 e. The minimum absolute atomic E-state index is 0.0636. The molecule has 3 nitrogen and oxygen atoms in total. The Morgan fingerprint density at radius 1 is 0.833 bits per heavy atom. The zero-order chi connectivity index (χ0) is 17.5. The van der Waals surface area contributed by atoms with E-state index in [9.17, 15) is 4.79 Å². The van der Waals surface area contributed by atoms with Gasteiger partial charge in [0, 0.05) is 20.2 Å². The van der Waals surface area contributed by atoms with Gasteiger partial charge in [-0.05, 0) is 64.4 Å². The molecule has 0 atom stereocenters. The fourth-order valence-electron chi connectivity index (χ4n) is 2.45. The molecule has 0 spiro atoms. The maximum absolute atomic E-state index is 12.8. The molecule has 126 valence electrons. The summed E-state index contributed by atoms with van der Waals surface area (Å²) < 4.78 is 1.99. The van der Waals surface area contributed by atoms with Gasteiger partial charge >= 0.3 is 0 Å². The van der Waals surface area contributed by atoms with Gasteiger partial charge in [0.05, 0.1) is 5.60 Å². The molecule has 3 aromatic rings. The molecule has 1 heterocycles. The summed E-state index contributed by atoms with van der Waals surface area (Å²) >= 11 is 1.63. The highest BCUT2D eigenvalue weighted by Gasteiger charge is 2.26. The van der Waals surface area contributed by atoms with Crippen LogP contribution in [0.4, 0.5) is 0 Å². The summed E-state index contributed by atoms with van der Waals surface area (Å²) in [7, 11) is 0. The summed E-state index contributed by atoms with van der Waals surface area (Å²) in [5, 5.41) is 1.49. The molecule has 0 amide bonds. The molecule has 3 rings (SSSR count). The SMILES string of the molecule is CC(C)(C)OOC(C)(C)c1ccc2sc3ccccc3c(=O)c2c1. The van der Waals surface area contributed by atoms with Crippen LogP contribution >= 0.6 is 11.3 Å². The van der Waals surface area contributed by atoms with Crippen LogP contribution < -0.4 is 5.43 Å². The summed E-state index contributed by atoms with van der Waals surface area (Å²) in [5.41, 5.74) is -0.0621. The zero-order valence-corrected chi connectivity index (χ0v) is 15.5. The van der Waals surface area contributed by atoms with E-state index in [1.807, 2.05) is 77.1 Å². The number of benzene rings is 2. The molecule has 0 aliphatic heterocycles. The highest BCUT2D eigenvalue weighted by Crippen LogP contribution is 2.31. The lowest BCUT2D eigenvalue weighted by Gasteiger charge is -2.29. The molecule has 24 heavy (non-hydrogen) atoms. The summed E-state index contributed by atoms with van der Waals surface area (Å²) in [6, 6.07) is 13.6. The largest absolute Gasteiger partial charge is 0.289 e. The van der Waals surface area contributed by atoms with Gasteiger partial charge in [0.1, 0.15) is 5.60 Å². The monoisotopic (exact) mass is 342 g/mol. The van der Waals surface area contributed by atoms with E-state index in [0.29, 0.717) is 0 Å². The Morgan fingerprint density at radius 3 is 2.21 bits per heavy atom. The van der Waals surface area contributed by atoms with Crippen molar-refractivity contribution in [3.05, 3.63) is 58.3 Å². The van der Waals surface area contributed by atoms with E-state index in [2.05, 4.69) is 0 Å². The molecule has 0 saturated carbocycles. The van der Waals surface area contributed by atoms with E-state index in [4.69, 9.17) is 9.78 Å². The van der Waals surface area contributed by atoms with E-state index >= 15 is 0 Å². The van der Waals surface area contributed by atoms with Crippen molar-refractivity contribution in [3.63, 3.8) is 0 Å². The van der Waals surface area contributed by atoms with Crippen molar-refractivity contribution in [1.29, 1.82) is 0 Å². The van der Waals surface area contributed by atoms with Crippen LogP contribution in [0.3, 0.4) is 0 Å². The third-order valence-electron chi connectivity index (χ3n) is 3.77. The Balaban J connectivity index is 2.09. The minimum atomic E-state index is -0.649. The maximum Gasteiger partial charge on any atom is 0.195 e. The van der Waals surface area contributed by atoms with Crippen LogP contribution in [0.25, 0.3) is 20.2 Å². The summed E-state index contributed by atoms with van der Waals surface area (Å²) in [4.78, 5) is 24.0. The summed E-state index contributed by atoms with van der Waals surface area (Å²) in [5.74, 6) is 0. The van der Waals surface area contributed by atoms with Gasteiger partial charge in [-0.3, -0.25) is 4.79 Å². The van der Waals surface area contributed by atoms with E-state index in [1.54, 1.807) is 11.3 Å². The Kier molecular flexibility index (Phi) is 4.24. The molecule has 1 aromatic heterocycles. The Morgan fingerprint density at radius 2 is 1.50 bits per heavy atom. The van der Waals surface area contributed by atoms with Gasteiger partial charge in [0.15, 0.2) is 5.43 Å². The third kappa shape index (κ3) is 3.36. The normalized spacial score (nSPS) is 12.9. The zero-order valence-electron chi connectivity index (χ0n) is 14.7. The van der Waals surface area contributed by atoms with Crippen LogP contribution in [-0.2, 0) is 15.4 Å². The molecular weight excluding hydrogens is 320 g/mol. The van der Waals surface area contributed by atoms with Gasteiger partial charge in [-0.1, -0.05) is 18.2 Å². The topological polar surface area (TPSA) is 35.5 Å². The van der Waals surface area contributed by atoms with Crippen molar-refractivity contribution in [1.82, 2.24) is 0 Å². The smallest absolute Gasteiger partial charge is 0.195 e. The molecule has 0 aliphatic rings. The third-order valence-corrected chi connectivity index (χ3v) is 4.92. The number of fused-ring (bicyclic) bond motifs is 2. The first-order valence-corrected chi connectivity index (χ1v) is 8.82. The van der Waals surface area contributed by atoms with Crippen molar-refractivity contribution in [3.8, 4) is 0 Å². The second-order valence-corrected chi connectivity index (χ2v) is 8.51. The van der Waals surface area contributed by atoms with Crippen LogP contribution in [0.5, 0.6) is 0 Å². The van der Waals surface area contributed by atoms with E-state index in [0.717, 1.165) is 25.7 Å². The Bertz CT molecular complexity index is 948. The van der Waals surface area contributed by atoms with Gasteiger partial charge in [-0.2, -0.15) is 0 Å². The van der Waals surface area contributed by atoms with Gasteiger partial charge in [0.2, 0.25) is 0 Å². The molecule has 0 saturated heterocycles. The standard InChI is InChI=1S/C20H22O3S/c1-19(2,3)22-23-20(4,5)13-10-11-17-15(12-13)18(21)14-8-6-7-9-16(14)24-17/h6-12H,1-5H3. The van der Waals surface area contributed by atoms with Crippen LogP contribution in [0.1, 0.15) is 40.2 Å². The molecule has 0 aliphatic carbocycles. The highest BCUT2D eigenvalue weighted by atomic mass is 32.1. The van der Waals surface area contributed by atoms with Crippen LogP contribution in [0.2, 0.25) is 0 Å². The van der Waals surface area contributed by atoms with Crippen LogP contribution in [-0.4, -0.2) is 5.60 Å². The molecule has 2 aromatic carbocycles. The maximum atomic E-state index is 12.8. The van der Waals surface area contributed by atoms with Crippen molar-refractivity contribution in [2.24, 2.45) is 0 Å². The summed E-state index contributed by atoms with van der Waals surface area (Å²) in [6.45, 7) is 9.69. The van der Waals surface area contributed by atoms with Crippen LogP contribution in [0, 0.1) is 0 Å². The molecule has 0 fully saturated rings. The van der Waals surface area contributed by atoms with Gasteiger partial charge in [-0.15, -0.1) is 11.3 Å². The molecule has 0 unspecified atom stereocenters. The first kappa shape index (κ1) is 17.1. The fraction of sp³-hybridized carbons (Fsp3) is 0.350.